The van der Waals surface area contributed by atoms with Crippen molar-refractivity contribution in [2.75, 3.05) is 13.1 Å². The zero-order valence-electron chi connectivity index (χ0n) is 16.4. The van der Waals surface area contributed by atoms with E-state index in [0.717, 1.165) is 23.2 Å². The van der Waals surface area contributed by atoms with Crippen molar-refractivity contribution >= 4 is 22.8 Å². The van der Waals surface area contributed by atoms with Crippen molar-refractivity contribution in [3.05, 3.63) is 71.4 Å². The molecule has 2 aromatic carbocycles. The van der Waals surface area contributed by atoms with E-state index in [0.29, 0.717) is 39.0 Å². The fraction of sp³-hybridized carbons (Fsp3) is 0.304. The van der Waals surface area contributed by atoms with Gasteiger partial charge in [-0.1, -0.05) is 48.5 Å². The van der Waals surface area contributed by atoms with E-state index in [-0.39, 0.29) is 11.9 Å². The van der Waals surface area contributed by atoms with Crippen LogP contribution in [0.3, 0.4) is 0 Å². The second kappa shape index (κ2) is 8.82. The highest BCUT2D eigenvalue weighted by Crippen LogP contribution is 2.27. The first-order valence-corrected chi connectivity index (χ1v) is 10.1. The van der Waals surface area contributed by atoms with Crippen LogP contribution in [0.1, 0.15) is 29.7 Å². The molecule has 3 N–H and O–H groups in total. The molecule has 0 radical (unpaired) electrons. The lowest BCUT2D eigenvalue weighted by Crippen LogP contribution is -2.43. The van der Waals surface area contributed by atoms with Crippen LogP contribution in [0.2, 0.25) is 0 Å². The van der Waals surface area contributed by atoms with Crippen molar-refractivity contribution in [3.8, 4) is 0 Å². The maximum absolute atomic E-state index is 12.5. The van der Waals surface area contributed by atoms with Gasteiger partial charge in [0.25, 0.3) is 0 Å². The minimum absolute atomic E-state index is 0.00351. The van der Waals surface area contributed by atoms with Gasteiger partial charge in [-0.15, -0.1) is 0 Å². The van der Waals surface area contributed by atoms with Crippen LogP contribution in [0, 0.1) is 0 Å². The number of amides is 3. The third-order valence-corrected chi connectivity index (χ3v) is 5.36. The standard InChI is InChI=1S/C23H26N4O2/c28-22(25-15-17-7-2-1-3-8-17)11-6-13-24-23(29)27-14-12-19-18-9-4-5-10-20(18)26-21(19)16-27/h1-5,7-10,26H,6,11-16H2,(H,24,29)(H,25,28). The number of nitrogens with zero attached hydrogens (tertiary/aromatic N) is 1. The van der Waals surface area contributed by atoms with Crippen molar-refractivity contribution in [2.24, 2.45) is 0 Å². The van der Waals surface area contributed by atoms with E-state index >= 15 is 0 Å². The zero-order valence-corrected chi connectivity index (χ0v) is 16.4. The summed E-state index contributed by atoms with van der Waals surface area (Å²) in [6.07, 6.45) is 1.88. The number of para-hydroxylation sites is 1. The average molecular weight is 390 g/mol. The first-order chi connectivity index (χ1) is 14.2. The number of benzene rings is 2. The molecule has 0 spiro atoms. The number of hydrogen-bond donors (Lipinski definition) is 3. The zero-order chi connectivity index (χ0) is 20.1. The minimum atomic E-state index is -0.0704. The largest absolute Gasteiger partial charge is 0.357 e. The maximum atomic E-state index is 12.5. The van der Waals surface area contributed by atoms with Crippen molar-refractivity contribution in [1.82, 2.24) is 20.5 Å². The number of H-pyrrole nitrogens is 1. The molecule has 1 aliphatic rings. The van der Waals surface area contributed by atoms with E-state index in [1.165, 1.54) is 10.9 Å². The summed E-state index contributed by atoms with van der Waals surface area (Å²) in [6, 6.07) is 18.0. The maximum Gasteiger partial charge on any atom is 0.317 e. The van der Waals surface area contributed by atoms with Gasteiger partial charge in [0.2, 0.25) is 5.91 Å². The molecule has 0 unspecified atom stereocenters. The summed E-state index contributed by atoms with van der Waals surface area (Å²) in [5.41, 5.74) is 4.64. The summed E-state index contributed by atoms with van der Waals surface area (Å²) in [6.45, 7) is 2.33. The molecule has 2 heterocycles. The first kappa shape index (κ1) is 19.1. The molecule has 0 atom stereocenters. The van der Waals surface area contributed by atoms with E-state index in [9.17, 15) is 9.59 Å². The number of aromatic nitrogens is 1. The molecule has 3 aromatic rings. The van der Waals surface area contributed by atoms with Gasteiger partial charge in [-0.2, -0.15) is 0 Å². The van der Waals surface area contributed by atoms with Crippen LogP contribution in [0.25, 0.3) is 10.9 Å². The minimum Gasteiger partial charge on any atom is -0.357 e. The van der Waals surface area contributed by atoms with Crippen LogP contribution < -0.4 is 10.6 Å². The van der Waals surface area contributed by atoms with Gasteiger partial charge in [0.1, 0.15) is 0 Å². The number of nitrogens with one attached hydrogen (secondary N) is 3. The molecule has 0 aliphatic carbocycles. The predicted molar refractivity (Wildman–Crippen MR) is 113 cm³/mol. The van der Waals surface area contributed by atoms with Gasteiger partial charge in [0, 0.05) is 42.7 Å². The Morgan fingerprint density at radius 2 is 1.79 bits per heavy atom. The van der Waals surface area contributed by atoms with Crippen LogP contribution in [0.5, 0.6) is 0 Å². The van der Waals surface area contributed by atoms with Crippen molar-refractivity contribution in [3.63, 3.8) is 0 Å². The predicted octanol–water partition coefficient (Wildman–Crippen LogP) is 3.33. The summed E-state index contributed by atoms with van der Waals surface area (Å²) in [7, 11) is 0. The molecule has 0 saturated carbocycles. The monoisotopic (exact) mass is 390 g/mol. The third-order valence-electron chi connectivity index (χ3n) is 5.36. The Morgan fingerprint density at radius 1 is 1.00 bits per heavy atom. The molecule has 150 valence electrons. The molecule has 0 bridgehead atoms. The second-order valence-electron chi connectivity index (χ2n) is 7.40. The van der Waals surface area contributed by atoms with Crippen LogP contribution in [-0.2, 0) is 24.3 Å². The van der Waals surface area contributed by atoms with Gasteiger partial charge in [0.15, 0.2) is 0 Å². The fourth-order valence-electron chi connectivity index (χ4n) is 3.81. The first-order valence-electron chi connectivity index (χ1n) is 10.1. The molecule has 4 rings (SSSR count). The second-order valence-corrected chi connectivity index (χ2v) is 7.40. The topological polar surface area (TPSA) is 77.2 Å². The van der Waals surface area contributed by atoms with Gasteiger partial charge < -0.3 is 20.5 Å². The number of urea groups is 1. The molecule has 29 heavy (non-hydrogen) atoms. The molecule has 6 heteroatoms. The Hall–Kier alpha value is -3.28. The number of rotatable bonds is 6. The van der Waals surface area contributed by atoms with E-state index in [4.69, 9.17) is 0 Å². The van der Waals surface area contributed by atoms with Crippen molar-refractivity contribution in [1.29, 1.82) is 0 Å². The van der Waals surface area contributed by atoms with Gasteiger partial charge in [-0.3, -0.25) is 4.79 Å². The lowest BCUT2D eigenvalue weighted by Gasteiger charge is -2.27. The van der Waals surface area contributed by atoms with Gasteiger partial charge in [0.05, 0.1) is 6.54 Å². The lowest BCUT2D eigenvalue weighted by molar-refractivity contribution is -0.121. The van der Waals surface area contributed by atoms with Crippen molar-refractivity contribution in [2.45, 2.75) is 32.4 Å². The van der Waals surface area contributed by atoms with E-state index < -0.39 is 0 Å². The molecule has 3 amide bonds. The Labute approximate surface area is 170 Å². The molecule has 0 saturated heterocycles. The smallest absolute Gasteiger partial charge is 0.317 e. The normalized spacial score (nSPS) is 13.2. The SMILES string of the molecule is O=C(CCCNC(=O)N1CCc2c([nH]c3ccccc23)C1)NCc1ccccc1. The highest BCUT2D eigenvalue weighted by Gasteiger charge is 2.23. The van der Waals surface area contributed by atoms with E-state index in [1.54, 1.807) is 0 Å². The number of carbonyl (C=O) groups is 2. The number of carbonyl (C=O) groups excluding carboxylic acids is 2. The molecule has 0 fully saturated rings. The molecular weight excluding hydrogens is 364 g/mol. The fourth-order valence-corrected chi connectivity index (χ4v) is 3.81. The highest BCUT2D eigenvalue weighted by molar-refractivity contribution is 5.85. The Morgan fingerprint density at radius 3 is 2.66 bits per heavy atom. The molecule has 1 aliphatic heterocycles. The van der Waals surface area contributed by atoms with Gasteiger partial charge in [-0.25, -0.2) is 4.79 Å². The summed E-state index contributed by atoms with van der Waals surface area (Å²) < 4.78 is 0. The lowest BCUT2D eigenvalue weighted by atomic mass is 10.0. The number of fused-ring (bicyclic) bond motifs is 3. The summed E-state index contributed by atoms with van der Waals surface area (Å²) >= 11 is 0. The van der Waals surface area contributed by atoms with E-state index in [2.05, 4.69) is 27.8 Å². The number of hydrogen-bond acceptors (Lipinski definition) is 2. The third kappa shape index (κ3) is 4.59. The van der Waals surface area contributed by atoms with Crippen LogP contribution in [0.4, 0.5) is 4.79 Å². The van der Waals surface area contributed by atoms with E-state index in [1.807, 2.05) is 47.4 Å². The Kier molecular flexibility index (Phi) is 5.79. The van der Waals surface area contributed by atoms with Gasteiger partial charge in [-0.05, 0) is 30.0 Å². The highest BCUT2D eigenvalue weighted by atomic mass is 16.2. The van der Waals surface area contributed by atoms with Crippen LogP contribution in [-0.4, -0.2) is 34.9 Å². The Bertz CT molecular complexity index is 997. The molecule has 1 aromatic heterocycles. The molecular formula is C23H26N4O2. The summed E-state index contributed by atoms with van der Waals surface area (Å²) in [4.78, 5) is 29.7. The quantitative estimate of drug-likeness (QED) is 0.565. The summed E-state index contributed by atoms with van der Waals surface area (Å²) in [5.74, 6) is 0.00351. The van der Waals surface area contributed by atoms with Crippen LogP contribution >= 0.6 is 0 Å². The van der Waals surface area contributed by atoms with Crippen molar-refractivity contribution < 1.29 is 9.59 Å². The molecule has 6 nitrogen and oxygen atoms in total. The van der Waals surface area contributed by atoms with Gasteiger partial charge >= 0.3 is 6.03 Å². The Balaban J connectivity index is 1.19. The number of aromatic amines is 1. The van der Waals surface area contributed by atoms with Crippen LogP contribution in [0.15, 0.2) is 54.6 Å². The summed E-state index contributed by atoms with van der Waals surface area (Å²) in [5, 5.41) is 7.10. The average Bonchev–Trinajstić information content (AvgIpc) is 3.13.